The lowest BCUT2D eigenvalue weighted by Crippen LogP contribution is -2.51. The average molecular weight is 587 g/mol. The minimum Gasteiger partial charge on any atom is -0.381 e. The molecule has 226 valence electrons. The van der Waals surface area contributed by atoms with E-state index < -0.39 is 0 Å². The van der Waals surface area contributed by atoms with Gasteiger partial charge in [0, 0.05) is 80.4 Å². The number of morpholine rings is 1. The summed E-state index contributed by atoms with van der Waals surface area (Å²) in [6.07, 6.45) is 1.77. The highest BCUT2D eigenvalue weighted by Gasteiger charge is 2.24. The number of carbonyl (C=O) groups is 2. The van der Waals surface area contributed by atoms with E-state index in [9.17, 15) is 9.59 Å². The van der Waals surface area contributed by atoms with Crippen LogP contribution in [0.4, 0.5) is 22.1 Å². The minimum absolute atomic E-state index is 0.000405. The Morgan fingerprint density at radius 1 is 0.837 bits per heavy atom. The quantitative estimate of drug-likeness (QED) is 0.398. The third kappa shape index (κ3) is 7.27. The van der Waals surface area contributed by atoms with Gasteiger partial charge in [-0.3, -0.25) is 4.79 Å². The molecule has 3 fully saturated rings. The second-order valence-electron chi connectivity index (χ2n) is 11.1. The number of anilines is 3. The van der Waals surface area contributed by atoms with Gasteiger partial charge < -0.3 is 35.2 Å². The van der Waals surface area contributed by atoms with Gasteiger partial charge in [-0.15, -0.1) is 0 Å². The van der Waals surface area contributed by atoms with Crippen LogP contribution in [0.25, 0.3) is 11.4 Å². The van der Waals surface area contributed by atoms with E-state index in [1.165, 1.54) is 0 Å². The van der Waals surface area contributed by atoms with Crippen molar-refractivity contribution in [1.29, 1.82) is 0 Å². The number of ether oxygens (including phenoxy) is 2. The molecule has 0 radical (unpaired) electrons. The number of amides is 3. The zero-order chi connectivity index (χ0) is 29.6. The van der Waals surface area contributed by atoms with Crippen LogP contribution in [0.3, 0.4) is 0 Å². The Bertz CT molecular complexity index is 1370. The molecule has 0 spiro atoms. The number of piperazine rings is 1. The zero-order valence-electron chi connectivity index (χ0n) is 24.4. The Morgan fingerprint density at radius 3 is 2.16 bits per heavy atom. The van der Waals surface area contributed by atoms with Crippen LogP contribution in [-0.2, 0) is 9.47 Å². The molecule has 0 unspecified atom stereocenters. The van der Waals surface area contributed by atoms with Crippen LogP contribution in [0, 0.1) is 0 Å². The monoisotopic (exact) mass is 586 g/mol. The van der Waals surface area contributed by atoms with Crippen LogP contribution in [0.5, 0.6) is 0 Å². The smallest absolute Gasteiger partial charge is 0.323 e. The summed E-state index contributed by atoms with van der Waals surface area (Å²) < 4.78 is 11.1. The summed E-state index contributed by atoms with van der Waals surface area (Å²) in [6, 6.07) is 14.3. The molecule has 3 aliphatic rings. The molecule has 2 aromatic carbocycles. The van der Waals surface area contributed by atoms with E-state index in [4.69, 9.17) is 24.4 Å². The molecule has 12 nitrogen and oxygen atoms in total. The van der Waals surface area contributed by atoms with Crippen molar-refractivity contribution >= 4 is 29.3 Å². The summed E-state index contributed by atoms with van der Waals surface area (Å²) in [5.74, 6) is 2.31. The maximum Gasteiger partial charge on any atom is 0.323 e. The Balaban J connectivity index is 1.10. The maximum absolute atomic E-state index is 12.8. The lowest BCUT2D eigenvalue weighted by molar-refractivity contribution is 0.0709. The van der Waals surface area contributed by atoms with Crippen molar-refractivity contribution in [1.82, 2.24) is 25.2 Å². The van der Waals surface area contributed by atoms with Crippen molar-refractivity contribution in [2.24, 2.45) is 0 Å². The fourth-order valence-electron chi connectivity index (χ4n) is 5.54. The van der Waals surface area contributed by atoms with Crippen molar-refractivity contribution in [2.75, 3.05) is 74.7 Å². The van der Waals surface area contributed by atoms with Crippen molar-refractivity contribution in [3.8, 4) is 11.4 Å². The average Bonchev–Trinajstić information content (AvgIpc) is 3.06. The lowest BCUT2D eigenvalue weighted by Gasteiger charge is -2.32. The molecule has 43 heavy (non-hydrogen) atoms. The zero-order valence-corrected chi connectivity index (χ0v) is 24.4. The number of urea groups is 1. The van der Waals surface area contributed by atoms with Crippen LogP contribution in [0.1, 0.15) is 41.9 Å². The number of rotatable bonds is 6. The van der Waals surface area contributed by atoms with Gasteiger partial charge in [0.25, 0.3) is 5.91 Å². The third-order valence-electron chi connectivity index (χ3n) is 7.97. The maximum atomic E-state index is 12.8. The first-order chi connectivity index (χ1) is 21.0. The van der Waals surface area contributed by atoms with Crippen LogP contribution in [0.15, 0.2) is 48.5 Å². The Morgan fingerprint density at radius 2 is 1.49 bits per heavy atom. The molecule has 3 amide bonds. The Hall–Kier alpha value is -4.13. The van der Waals surface area contributed by atoms with Gasteiger partial charge in [0.15, 0.2) is 5.82 Å². The van der Waals surface area contributed by atoms with Crippen molar-refractivity contribution in [2.45, 2.75) is 31.7 Å². The highest BCUT2D eigenvalue weighted by atomic mass is 16.5. The molecule has 3 N–H and O–H groups in total. The van der Waals surface area contributed by atoms with Crippen molar-refractivity contribution in [3.05, 3.63) is 59.9 Å². The Labute approximate surface area is 251 Å². The summed E-state index contributed by atoms with van der Waals surface area (Å²) in [5.41, 5.74) is 2.68. The molecule has 0 bridgehead atoms. The first-order valence-electron chi connectivity index (χ1n) is 15.0. The normalized spacial score (nSPS) is 19.6. The van der Waals surface area contributed by atoms with Crippen molar-refractivity contribution < 1.29 is 19.1 Å². The minimum atomic E-state index is -0.376. The van der Waals surface area contributed by atoms with E-state index >= 15 is 0 Å². The molecular weight excluding hydrogens is 548 g/mol. The van der Waals surface area contributed by atoms with E-state index in [1.54, 1.807) is 24.3 Å². The molecule has 1 atom stereocenters. The fourth-order valence-corrected chi connectivity index (χ4v) is 5.54. The SMILES string of the molecule is C[C@H]1CN(C(=O)c2ccc(NC(=O)Nc3ccc(-c4nc(C5CCOCC5)nc(N5CCOCC5)n4)cc3)cc2)CCN1. The van der Waals surface area contributed by atoms with Gasteiger partial charge >= 0.3 is 6.03 Å². The summed E-state index contributed by atoms with van der Waals surface area (Å²) >= 11 is 0. The number of hydrogen-bond acceptors (Lipinski definition) is 9. The molecule has 3 aliphatic heterocycles. The standard InChI is InChI=1S/C31H38N8O4/c1-21-20-39(13-12-32-21)29(40)24-4-8-26(9-5-24)34-31(41)33-25-6-2-22(3-7-25)27-35-28(23-10-16-42-17-11-23)37-30(36-27)38-14-18-43-19-15-38/h2-9,21,23,32H,10-20H2,1H3,(H2,33,34,41)/t21-/m0/s1. The lowest BCUT2D eigenvalue weighted by atomic mass is 9.99. The molecule has 12 heteroatoms. The largest absolute Gasteiger partial charge is 0.381 e. The molecule has 0 saturated carbocycles. The fraction of sp³-hybridized carbons (Fsp3) is 0.452. The molecular formula is C31H38N8O4. The first kappa shape index (κ1) is 29.0. The predicted molar refractivity (Wildman–Crippen MR) is 164 cm³/mol. The molecule has 1 aromatic heterocycles. The number of nitrogens with zero attached hydrogens (tertiary/aromatic N) is 5. The van der Waals surface area contributed by atoms with E-state index in [2.05, 4.69) is 27.8 Å². The molecule has 0 aliphatic carbocycles. The summed E-state index contributed by atoms with van der Waals surface area (Å²) in [7, 11) is 0. The highest BCUT2D eigenvalue weighted by Crippen LogP contribution is 2.28. The van der Waals surface area contributed by atoms with Crippen molar-refractivity contribution in [3.63, 3.8) is 0 Å². The van der Waals surface area contributed by atoms with Gasteiger partial charge in [-0.2, -0.15) is 9.97 Å². The van der Waals surface area contributed by atoms with E-state index in [1.807, 2.05) is 29.2 Å². The van der Waals surface area contributed by atoms with Gasteiger partial charge in [0.2, 0.25) is 5.95 Å². The highest BCUT2D eigenvalue weighted by molar-refractivity contribution is 6.00. The van der Waals surface area contributed by atoms with Gasteiger partial charge in [0.1, 0.15) is 5.82 Å². The first-order valence-corrected chi connectivity index (χ1v) is 15.0. The molecule has 6 rings (SSSR count). The molecule has 4 heterocycles. The summed E-state index contributed by atoms with van der Waals surface area (Å²) in [6.45, 7) is 8.41. The van der Waals surface area contributed by atoms with E-state index in [-0.39, 0.29) is 23.9 Å². The van der Waals surface area contributed by atoms with E-state index in [0.29, 0.717) is 68.2 Å². The number of carbonyl (C=O) groups excluding carboxylic acids is 2. The topological polar surface area (TPSA) is 134 Å². The van der Waals surface area contributed by atoms with Crippen LogP contribution < -0.4 is 20.9 Å². The van der Waals surface area contributed by atoms with Crippen LogP contribution in [-0.4, -0.2) is 97.0 Å². The molecule has 3 saturated heterocycles. The summed E-state index contributed by atoms with van der Waals surface area (Å²) in [4.78, 5) is 44.0. The second-order valence-corrected chi connectivity index (χ2v) is 11.1. The number of nitrogens with one attached hydrogen (secondary N) is 3. The third-order valence-corrected chi connectivity index (χ3v) is 7.97. The second kappa shape index (κ2) is 13.4. The summed E-state index contributed by atoms with van der Waals surface area (Å²) in [5, 5.41) is 9.04. The predicted octanol–water partition coefficient (Wildman–Crippen LogP) is 3.35. The number of aromatic nitrogens is 3. The van der Waals surface area contributed by atoms with Crippen LogP contribution in [0.2, 0.25) is 0 Å². The van der Waals surface area contributed by atoms with Gasteiger partial charge in [-0.05, 0) is 68.3 Å². The number of hydrogen-bond donors (Lipinski definition) is 3. The number of benzene rings is 2. The van der Waals surface area contributed by atoms with Gasteiger partial charge in [0.05, 0.1) is 13.2 Å². The Kier molecular flexibility index (Phi) is 9.06. The molecule has 3 aromatic rings. The van der Waals surface area contributed by atoms with Gasteiger partial charge in [-0.25, -0.2) is 9.78 Å². The van der Waals surface area contributed by atoms with Crippen LogP contribution >= 0.6 is 0 Å². The van der Waals surface area contributed by atoms with Gasteiger partial charge in [-0.1, -0.05) is 0 Å². The van der Waals surface area contributed by atoms with E-state index in [0.717, 1.165) is 43.9 Å².